The highest BCUT2D eigenvalue weighted by molar-refractivity contribution is 6.74. The molecule has 8 heteroatoms. The van der Waals surface area contributed by atoms with Gasteiger partial charge in [0.1, 0.15) is 6.10 Å². The molecule has 0 heterocycles. The van der Waals surface area contributed by atoms with Gasteiger partial charge in [-0.2, -0.15) is 0 Å². The largest absolute Gasteiger partial charge is 0.459 e. The van der Waals surface area contributed by atoms with Crippen LogP contribution in [-0.2, 0) is 22.8 Å². The van der Waals surface area contributed by atoms with E-state index in [1.165, 1.54) is 0 Å². The Morgan fingerprint density at radius 3 is 1.76 bits per heavy atom. The van der Waals surface area contributed by atoms with Crippen LogP contribution in [0.5, 0.6) is 0 Å². The van der Waals surface area contributed by atoms with Crippen LogP contribution in [-0.4, -0.2) is 55.3 Å². The van der Waals surface area contributed by atoms with Crippen LogP contribution >= 0.6 is 0 Å². The Morgan fingerprint density at radius 2 is 1.33 bits per heavy atom. The van der Waals surface area contributed by atoms with Crippen molar-refractivity contribution in [2.75, 3.05) is 6.61 Å². The Labute approximate surface area is 308 Å². The molecule has 49 heavy (non-hydrogen) atoms. The molecule has 0 amide bonds. The molecule has 0 aliphatic carbocycles. The molecular weight excluding hydrogens is 657 g/mol. The second kappa shape index (κ2) is 21.7. The number of esters is 1. The van der Waals surface area contributed by atoms with Gasteiger partial charge >= 0.3 is 5.97 Å². The van der Waals surface area contributed by atoms with E-state index in [2.05, 4.69) is 134 Å². The molecule has 0 aliphatic heterocycles. The lowest BCUT2D eigenvalue weighted by molar-refractivity contribution is -0.146. The first-order valence-corrected chi connectivity index (χ1v) is 27.8. The van der Waals surface area contributed by atoms with Crippen LogP contribution in [0, 0.1) is 17.8 Å². The van der Waals surface area contributed by atoms with Gasteiger partial charge in [-0.1, -0.05) is 120 Å². The zero-order chi connectivity index (χ0) is 38.3. The zero-order valence-electron chi connectivity index (χ0n) is 35.7. The van der Waals surface area contributed by atoms with Gasteiger partial charge in [0.25, 0.3) is 0 Å². The third kappa shape index (κ3) is 15.8. The van der Waals surface area contributed by atoms with E-state index < -0.39 is 30.6 Å². The summed E-state index contributed by atoms with van der Waals surface area (Å²) >= 11 is 0. The van der Waals surface area contributed by atoms with Crippen LogP contribution < -0.4 is 0 Å². The highest BCUT2D eigenvalue weighted by Crippen LogP contribution is 2.39. The van der Waals surface area contributed by atoms with Gasteiger partial charge in [0.15, 0.2) is 25.0 Å². The number of ether oxygens (including phenoxy) is 1. The lowest BCUT2D eigenvalue weighted by Gasteiger charge is -2.41. The first-order valence-electron chi connectivity index (χ1n) is 19.8. The van der Waals surface area contributed by atoms with Crippen molar-refractivity contribution in [3.05, 3.63) is 36.0 Å². The number of rotatable bonds is 24. The molecule has 0 spiro atoms. The minimum absolute atomic E-state index is 0.0571. The summed E-state index contributed by atoms with van der Waals surface area (Å²) in [6, 6.07) is 6.70. The van der Waals surface area contributed by atoms with Gasteiger partial charge in [-0.15, -0.1) is 0 Å². The monoisotopic (exact) mass is 739 g/mol. The molecular formula is C41H82O5Si3. The quantitative estimate of drug-likeness (QED) is 0.0427. The van der Waals surface area contributed by atoms with E-state index in [4.69, 9.17) is 18.0 Å². The van der Waals surface area contributed by atoms with Gasteiger partial charge in [-0.25, -0.2) is 4.79 Å². The lowest BCUT2D eigenvalue weighted by atomic mass is 9.92. The van der Waals surface area contributed by atoms with Gasteiger partial charge in [-0.3, -0.25) is 0 Å². The number of carbonyl (C=O) groups excluding carboxylic acids is 1. The third-order valence-corrected chi connectivity index (χ3v) is 25.6. The summed E-state index contributed by atoms with van der Waals surface area (Å²) in [5.74, 6) is 0.371. The average Bonchev–Trinajstić information content (AvgIpc) is 3.03. The normalized spacial score (nSPS) is 17.8. The van der Waals surface area contributed by atoms with Gasteiger partial charge in [-0.05, 0) is 99.8 Å². The molecule has 0 aromatic heterocycles. The van der Waals surface area contributed by atoms with Crippen molar-refractivity contribution in [1.82, 2.24) is 0 Å². The second-order valence-electron chi connectivity index (χ2n) is 17.0. The van der Waals surface area contributed by atoms with Crippen molar-refractivity contribution in [3.63, 3.8) is 0 Å². The fourth-order valence-corrected chi connectivity index (χ4v) is 13.3. The van der Waals surface area contributed by atoms with E-state index in [1.807, 2.05) is 13.8 Å². The van der Waals surface area contributed by atoms with Gasteiger partial charge in [0.2, 0.25) is 0 Å². The molecule has 0 bridgehead atoms. The van der Waals surface area contributed by atoms with Crippen LogP contribution in [0.25, 0.3) is 0 Å². The number of hydrogen-bond acceptors (Lipinski definition) is 5. The molecule has 288 valence electrons. The zero-order valence-corrected chi connectivity index (χ0v) is 38.7. The number of allylic oxidation sites excluding steroid dienone is 2. The summed E-state index contributed by atoms with van der Waals surface area (Å²) in [4.78, 5) is 13.4. The first kappa shape index (κ1) is 48.2. The van der Waals surface area contributed by atoms with E-state index in [1.54, 1.807) is 6.08 Å². The SMILES string of the molecule is C/C=C/[C@H](O[Si](C)(C)C(C)(C)C)[C@H](C)/C(C)=C/C(=O)OC(CC(C)C)[C@H](C)C/C=C/[C@](C)(CO[Si](CC)(CC)CC)O[Si](CC)(CC)CC. The molecule has 0 aromatic rings. The second-order valence-corrected chi connectivity index (χ2v) is 31.2. The van der Waals surface area contributed by atoms with E-state index in [0.717, 1.165) is 54.7 Å². The molecule has 5 nitrogen and oxygen atoms in total. The van der Waals surface area contributed by atoms with Crippen LogP contribution in [0.3, 0.4) is 0 Å². The van der Waals surface area contributed by atoms with Gasteiger partial charge < -0.3 is 18.0 Å². The predicted molar refractivity (Wildman–Crippen MR) is 222 cm³/mol. The Bertz CT molecular complexity index is 1020. The van der Waals surface area contributed by atoms with E-state index >= 15 is 0 Å². The maximum absolute atomic E-state index is 13.4. The van der Waals surface area contributed by atoms with Crippen molar-refractivity contribution >= 4 is 30.9 Å². The molecule has 5 atom stereocenters. The topological polar surface area (TPSA) is 54.0 Å². The fraction of sp³-hybridized carbons (Fsp3) is 0.829. The summed E-state index contributed by atoms with van der Waals surface area (Å²) < 4.78 is 27.1. The van der Waals surface area contributed by atoms with E-state index in [9.17, 15) is 4.79 Å². The Hall–Kier alpha value is -0.779. The van der Waals surface area contributed by atoms with E-state index in [-0.39, 0.29) is 35.1 Å². The molecule has 0 aliphatic rings. The van der Waals surface area contributed by atoms with E-state index in [0.29, 0.717) is 12.5 Å². The van der Waals surface area contributed by atoms with Crippen LogP contribution in [0.2, 0.25) is 54.4 Å². The Kier molecular flexibility index (Phi) is 21.3. The summed E-state index contributed by atoms with van der Waals surface area (Å²) in [6.07, 6.45) is 11.8. The number of hydrogen-bond donors (Lipinski definition) is 0. The van der Waals surface area contributed by atoms with Crippen LogP contribution in [0.15, 0.2) is 36.0 Å². The predicted octanol–water partition coefficient (Wildman–Crippen LogP) is 12.9. The average molecular weight is 739 g/mol. The molecule has 0 fully saturated rings. The van der Waals surface area contributed by atoms with Crippen molar-refractivity contribution in [1.29, 1.82) is 0 Å². The summed E-state index contributed by atoms with van der Waals surface area (Å²) in [6.45, 7) is 40.7. The smallest absolute Gasteiger partial charge is 0.330 e. The van der Waals surface area contributed by atoms with Crippen LogP contribution in [0.4, 0.5) is 0 Å². The van der Waals surface area contributed by atoms with Crippen molar-refractivity contribution in [2.24, 2.45) is 17.8 Å². The maximum Gasteiger partial charge on any atom is 0.330 e. The molecule has 0 radical (unpaired) electrons. The summed E-state index contributed by atoms with van der Waals surface area (Å²) in [7, 11) is -5.66. The summed E-state index contributed by atoms with van der Waals surface area (Å²) in [5, 5.41) is 0.105. The van der Waals surface area contributed by atoms with Gasteiger partial charge in [0, 0.05) is 12.0 Å². The van der Waals surface area contributed by atoms with Gasteiger partial charge in [0.05, 0.1) is 18.3 Å². The first-order chi connectivity index (χ1) is 22.6. The molecule has 0 aromatic carbocycles. The van der Waals surface area contributed by atoms with Crippen molar-refractivity contribution < 1.29 is 22.8 Å². The Morgan fingerprint density at radius 1 is 0.816 bits per heavy atom. The minimum atomic E-state index is -2.00. The lowest BCUT2D eigenvalue weighted by Crippen LogP contribution is -2.49. The molecule has 0 saturated heterocycles. The maximum atomic E-state index is 13.4. The third-order valence-electron chi connectivity index (χ3n) is 11.7. The van der Waals surface area contributed by atoms with Crippen molar-refractivity contribution in [3.8, 4) is 0 Å². The summed E-state index contributed by atoms with van der Waals surface area (Å²) in [5.41, 5.74) is 0.513. The minimum Gasteiger partial charge on any atom is -0.459 e. The number of carbonyl (C=O) groups is 1. The Balaban J connectivity index is 6.12. The van der Waals surface area contributed by atoms with Crippen molar-refractivity contribution in [2.45, 2.75) is 196 Å². The molecule has 0 saturated carbocycles. The standard InChI is InChI=1S/C41H82O5Si3/c1-19-27-37(45-47(17,18)40(13,14)15)36(12)35(11)31-39(42)44-38(30-33(8)9)34(10)28-26-29-41(16,46-49(23-5,24-6)25-7)32-43-48(20-2,21-3)22-4/h19,26-27,29,31,33-34,36-38H,20-25,28,30,32H2,1-18H3/b27-19+,29-26+,35-31+/t34-,36-,37+,38?,41-/m1/s1. The molecule has 0 N–H and O–H groups in total. The molecule has 1 unspecified atom stereocenters. The highest BCUT2D eigenvalue weighted by Gasteiger charge is 2.41. The highest BCUT2D eigenvalue weighted by atomic mass is 28.4. The molecule has 0 rings (SSSR count). The van der Waals surface area contributed by atoms with Crippen LogP contribution in [0.1, 0.15) is 124 Å². The fourth-order valence-electron chi connectivity index (χ4n) is 6.24.